The number of H-pyrrole nitrogens is 1. The fraction of sp³-hybridized carbons (Fsp3) is 0.273. The number of hydrogen-bond donors (Lipinski definition) is 2. The van der Waals surface area contributed by atoms with Gasteiger partial charge in [0.2, 0.25) is 6.41 Å². The van der Waals surface area contributed by atoms with Crippen molar-refractivity contribution in [3.63, 3.8) is 0 Å². The molecule has 4 rings (SSSR count). The molecule has 144 valence electrons. The number of aromatic amines is 1. The van der Waals surface area contributed by atoms with E-state index < -0.39 is 5.97 Å². The van der Waals surface area contributed by atoms with Crippen LogP contribution in [0.4, 0.5) is 5.82 Å². The quantitative estimate of drug-likeness (QED) is 0.612. The van der Waals surface area contributed by atoms with Gasteiger partial charge in [0.1, 0.15) is 5.82 Å². The highest BCUT2D eigenvalue weighted by Crippen LogP contribution is 2.49. The average Bonchev–Trinajstić information content (AvgIpc) is 3.13. The van der Waals surface area contributed by atoms with Gasteiger partial charge in [-0.3, -0.25) is 14.5 Å². The van der Waals surface area contributed by atoms with Gasteiger partial charge in [-0.1, -0.05) is 43.6 Å². The number of anilines is 1. The summed E-state index contributed by atoms with van der Waals surface area (Å²) < 4.78 is 0. The number of amides is 1. The van der Waals surface area contributed by atoms with Crippen molar-refractivity contribution >= 4 is 40.7 Å². The minimum absolute atomic E-state index is 0.0353. The lowest BCUT2D eigenvalue weighted by molar-refractivity contribution is -0.136. The van der Waals surface area contributed by atoms with Gasteiger partial charge in [0.05, 0.1) is 12.5 Å². The molecule has 0 spiro atoms. The van der Waals surface area contributed by atoms with Crippen LogP contribution >= 0.6 is 11.6 Å². The standard InChI is InChI=1S/C22H21ClN2O3/c1-22(2)11-14-4-3-13(8-20(27)28)7-17(14)21(22)25(12-26)19-10-15-9-16(23)5-6-18(15)24-19/h3-7,9-10,12,21,24H,8,11H2,1-2H3,(H,27,28). The second kappa shape index (κ2) is 6.67. The van der Waals surface area contributed by atoms with Gasteiger partial charge in [0.15, 0.2) is 0 Å². The molecular formula is C22H21ClN2O3. The molecule has 1 unspecified atom stereocenters. The number of nitrogens with one attached hydrogen (secondary N) is 1. The second-order valence-electron chi connectivity index (χ2n) is 8.07. The SMILES string of the molecule is CC1(C)Cc2ccc(CC(=O)O)cc2C1N(C=O)c1cc2cc(Cl)ccc2[nH]1. The molecular weight excluding hydrogens is 376 g/mol. The van der Waals surface area contributed by atoms with Crippen LogP contribution in [0.2, 0.25) is 5.02 Å². The lowest BCUT2D eigenvalue weighted by Gasteiger charge is -2.35. The molecule has 2 aromatic carbocycles. The molecule has 28 heavy (non-hydrogen) atoms. The maximum absolute atomic E-state index is 12.2. The van der Waals surface area contributed by atoms with Gasteiger partial charge in [-0.15, -0.1) is 0 Å². The summed E-state index contributed by atoms with van der Waals surface area (Å²) in [6.45, 7) is 4.26. The van der Waals surface area contributed by atoms with Gasteiger partial charge in [-0.25, -0.2) is 0 Å². The third-order valence-electron chi connectivity index (χ3n) is 5.48. The van der Waals surface area contributed by atoms with E-state index in [4.69, 9.17) is 16.7 Å². The number of fused-ring (bicyclic) bond motifs is 2. The molecule has 3 aromatic rings. The van der Waals surface area contributed by atoms with E-state index in [1.54, 1.807) is 4.90 Å². The van der Waals surface area contributed by atoms with Crippen LogP contribution < -0.4 is 4.90 Å². The molecule has 6 heteroatoms. The Morgan fingerprint density at radius 1 is 1.29 bits per heavy atom. The van der Waals surface area contributed by atoms with Crippen LogP contribution in [0.3, 0.4) is 0 Å². The number of aromatic nitrogens is 1. The zero-order valence-corrected chi connectivity index (χ0v) is 16.5. The zero-order chi connectivity index (χ0) is 20.1. The molecule has 0 saturated carbocycles. The summed E-state index contributed by atoms with van der Waals surface area (Å²) in [5.41, 5.74) is 3.60. The van der Waals surface area contributed by atoms with Crippen molar-refractivity contribution in [2.24, 2.45) is 5.41 Å². The van der Waals surface area contributed by atoms with Crippen molar-refractivity contribution < 1.29 is 14.7 Å². The number of benzene rings is 2. The molecule has 0 radical (unpaired) electrons. The number of carboxylic acids is 1. The molecule has 1 aliphatic carbocycles. The molecule has 5 nitrogen and oxygen atoms in total. The maximum atomic E-state index is 12.2. The smallest absolute Gasteiger partial charge is 0.307 e. The van der Waals surface area contributed by atoms with Crippen molar-refractivity contribution in [2.75, 3.05) is 4.90 Å². The van der Waals surface area contributed by atoms with E-state index in [2.05, 4.69) is 18.8 Å². The number of carbonyl (C=O) groups excluding carboxylic acids is 1. The van der Waals surface area contributed by atoms with E-state index in [1.807, 2.05) is 42.5 Å². The van der Waals surface area contributed by atoms with Crippen molar-refractivity contribution in [3.8, 4) is 0 Å². The Kier molecular flexibility index (Phi) is 4.42. The first kappa shape index (κ1) is 18.6. The third-order valence-corrected chi connectivity index (χ3v) is 5.72. The van der Waals surface area contributed by atoms with E-state index in [1.165, 1.54) is 0 Å². The minimum atomic E-state index is -0.867. The van der Waals surface area contributed by atoms with E-state index in [0.29, 0.717) is 10.8 Å². The Bertz CT molecular complexity index is 1090. The molecule has 2 N–H and O–H groups in total. The molecule has 1 atom stereocenters. The third kappa shape index (κ3) is 3.16. The van der Waals surface area contributed by atoms with Crippen LogP contribution in [-0.2, 0) is 22.4 Å². The normalized spacial score (nSPS) is 17.5. The van der Waals surface area contributed by atoms with E-state index in [9.17, 15) is 9.59 Å². The van der Waals surface area contributed by atoms with Gasteiger partial charge in [-0.2, -0.15) is 0 Å². The van der Waals surface area contributed by atoms with Crippen LogP contribution in [0, 0.1) is 5.41 Å². The van der Waals surface area contributed by atoms with Crippen molar-refractivity contribution in [2.45, 2.75) is 32.7 Å². The average molecular weight is 397 g/mol. The number of halogens is 1. The molecule has 1 heterocycles. The first-order valence-electron chi connectivity index (χ1n) is 9.14. The fourth-order valence-corrected chi connectivity index (χ4v) is 4.54. The largest absolute Gasteiger partial charge is 0.481 e. The predicted molar refractivity (Wildman–Crippen MR) is 110 cm³/mol. The van der Waals surface area contributed by atoms with Gasteiger partial charge >= 0.3 is 5.97 Å². The highest BCUT2D eigenvalue weighted by Gasteiger charge is 2.43. The second-order valence-corrected chi connectivity index (χ2v) is 8.51. The van der Waals surface area contributed by atoms with Gasteiger partial charge in [0.25, 0.3) is 0 Å². The highest BCUT2D eigenvalue weighted by molar-refractivity contribution is 6.31. The van der Waals surface area contributed by atoms with Crippen LogP contribution in [0.5, 0.6) is 0 Å². The first-order valence-corrected chi connectivity index (χ1v) is 9.52. The Morgan fingerprint density at radius 2 is 2.07 bits per heavy atom. The van der Waals surface area contributed by atoms with Crippen molar-refractivity contribution in [3.05, 3.63) is 64.2 Å². The summed E-state index contributed by atoms with van der Waals surface area (Å²) in [6.07, 6.45) is 1.63. The molecule has 0 bridgehead atoms. The molecule has 0 fully saturated rings. The zero-order valence-electron chi connectivity index (χ0n) is 15.7. The summed E-state index contributed by atoms with van der Waals surface area (Å²) in [6, 6.07) is 13.1. The number of rotatable bonds is 5. The number of nitrogens with zero attached hydrogens (tertiary/aromatic N) is 1. The Labute approximate surface area is 167 Å². The predicted octanol–water partition coefficient (Wildman–Crippen LogP) is 4.73. The first-order chi connectivity index (χ1) is 13.3. The lowest BCUT2D eigenvalue weighted by atomic mass is 9.84. The summed E-state index contributed by atoms with van der Waals surface area (Å²) >= 11 is 6.09. The van der Waals surface area contributed by atoms with Crippen LogP contribution in [0.25, 0.3) is 10.9 Å². The summed E-state index contributed by atoms with van der Waals surface area (Å²) in [5.74, 6) is -0.171. The molecule has 1 aromatic heterocycles. The lowest BCUT2D eigenvalue weighted by Crippen LogP contribution is -2.35. The Hall–Kier alpha value is -2.79. The van der Waals surface area contributed by atoms with E-state index in [-0.39, 0.29) is 17.9 Å². The minimum Gasteiger partial charge on any atom is -0.481 e. The molecule has 0 saturated heterocycles. The topological polar surface area (TPSA) is 73.4 Å². The van der Waals surface area contributed by atoms with E-state index in [0.717, 1.165) is 40.4 Å². The van der Waals surface area contributed by atoms with Crippen molar-refractivity contribution in [1.29, 1.82) is 0 Å². The number of aliphatic carboxylic acids is 1. The molecule has 1 amide bonds. The summed E-state index contributed by atoms with van der Waals surface area (Å²) in [5, 5.41) is 10.7. The fourth-order valence-electron chi connectivity index (χ4n) is 4.36. The van der Waals surface area contributed by atoms with Crippen LogP contribution in [0.1, 0.15) is 36.6 Å². The van der Waals surface area contributed by atoms with Crippen molar-refractivity contribution in [1.82, 2.24) is 4.98 Å². The van der Waals surface area contributed by atoms with Gasteiger partial charge in [-0.05, 0) is 52.8 Å². The monoisotopic (exact) mass is 396 g/mol. The van der Waals surface area contributed by atoms with Crippen LogP contribution in [-0.4, -0.2) is 22.5 Å². The number of carbonyl (C=O) groups is 2. The van der Waals surface area contributed by atoms with Crippen LogP contribution in [0.15, 0.2) is 42.5 Å². The summed E-state index contributed by atoms with van der Waals surface area (Å²) in [4.78, 5) is 28.3. The maximum Gasteiger partial charge on any atom is 0.307 e. The highest BCUT2D eigenvalue weighted by atomic mass is 35.5. The molecule has 0 aliphatic heterocycles. The number of carboxylic acid groups (broad SMARTS) is 1. The Morgan fingerprint density at radius 3 is 2.79 bits per heavy atom. The van der Waals surface area contributed by atoms with E-state index >= 15 is 0 Å². The van der Waals surface area contributed by atoms with Gasteiger partial charge in [0, 0.05) is 15.9 Å². The molecule has 1 aliphatic rings. The Balaban J connectivity index is 1.80. The van der Waals surface area contributed by atoms with Gasteiger partial charge < -0.3 is 10.1 Å². The summed E-state index contributed by atoms with van der Waals surface area (Å²) in [7, 11) is 0. The number of hydrogen-bond acceptors (Lipinski definition) is 2.